The topological polar surface area (TPSA) is 67.4 Å². The second-order valence-electron chi connectivity index (χ2n) is 10.7. The van der Waals surface area contributed by atoms with Gasteiger partial charge < -0.3 is 9.74 Å². The highest BCUT2D eigenvalue weighted by Gasteiger charge is 2.39. The van der Waals surface area contributed by atoms with E-state index in [9.17, 15) is 12.8 Å². The molecule has 0 aromatic heterocycles. The van der Waals surface area contributed by atoms with Crippen LogP contribution in [0.5, 0.6) is 0 Å². The smallest absolute Gasteiger partial charge is 0.240 e. The van der Waals surface area contributed by atoms with Gasteiger partial charge in [-0.1, -0.05) is 68.8 Å². The molecule has 3 aromatic rings. The third-order valence-corrected chi connectivity index (χ3v) is 12.8. The van der Waals surface area contributed by atoms with Crippen molar-refractivity contribution in [3.8, 4) is 0 Å². The van der Waals surface area contributed by atoms with Crippen molar-refractivity contribution in [2.24, 2.45) is 0 Å². The van der Waals surface area contributed by atoms with E-state index in [1.165, 1.54) is 12.1 Å². The number of anilines is 1. The van der Waals surface area contributed by atoms with E-state index in [-0.39, 0.29) is 22.4 Å². The summed E-state index contributed by atoms with van der Waals surface area (Å²) in [6, 6.07) is 21.3. The van der Waals surface area contributed by atoms with E-state index < -0.39 is 30.4 Å². The van der Waals surface area contributed by atoms with Gasteiger partial charge in [0.15, 0.2) is 8.32 Å². The van der Waals surface area contributed by atoms with Gasteiger partial charge >= 0.3 is 0 Å². The molecule has 3 aromatic carbocycles. The Kier molecular flexibility index (Phi) is 8.77. The molecule has 5 nitrogen and oxygen atoms in total. The highest BCUT2D eigenvalue weighted by Crippen LogP contribution is 2.37. The summed E-state index contributed by atoms with van der Waals surface area (Å²) in [5.74, 6) is -0.338. The van der Waals surface area contributed by atoms with Gasteiger partial charge in [-0.2, -0.15) is 0 Å². The average Bonchev–Trinajstić information content (AvgIpc) is 2.81. The molecule has 0 heterocycles. The largest absolute Gasteiger partial charge is 0.415 e. The van der Waals surface area contributed by atoms with E-state index in [4.69, 9.17) is 4.43 Å². The minimum atomic E-state index is -3.85. The number of rotatable bonds is 10. The molecule has 0 radical (unpaired) electrons. The molecule has 8 heteroatoms. The van der Waals surface area contributed by atoms with E-state index in [2.05, 4.69) is 43.9 Å². The monoisotopic (exact) mass is 528 g/mol. The quantitative estimate of drug-likeness (QED) is 0.289. The molecule has 0 aliphatic heterocycles. The lowest BCUT2D eigenvalue weighted by Crippen LogP contribution is -2.49. The lowest BCUT2D eigenvalue weighted by molar-refractivity contribution is 0.243. The van der Waals surface area contributed by atoms with Crippen molar-refractivity contribution in [2.75, 3.05) is 11.9 Å². The van der Waals surface area contributed by atoms with Gasteiger partial charge in [0.05, 0.1) is 23.6 Å². The summed E-state index contributed by atoms with van der Waals surface area (Å²) >= 11 is 0. The summed E-state index contributed by atoms with van der Waals surface area (Å²) < 4.78 is 50.0. The Morgan fingerprint density at radius 3 is 2.06 bits per heavy atom. The summed E-state index contributed by atoms with van der Waals surface area (Å²) in [7, 11) is -6.03. The van der Waals surface area contributed by atoms with Crippen LogP contribution in [0, 0.1) is 12.7 Å². The maximum atomic E-state index is 13.6. The molecule has 0 aliphatic carbocycles. The lowest BCUT2D eigenvalue weighted by Gasteiger charge is -2.39. The first kappa shape index (κ1) is 28.1. The van der Waals surface area contributed by atoms with E-state index in [0.717, 1.165) is 11.1 Å². The van der Waals surface area contributed by atoms with Crippen LogP contribution < -0.4 is 10.0 Å². The zero-order chi connectivity index (χ0) is 26.6. The molecule has 0 aliphatic rings. The average molecular weight is 529 g/mol. The predicted molar refractivity (Wildman–Crippen MR) is 148 cm³/mol. The fourth-order valence-corrected chi connectivity index (χ4v) is 5.76. The van der Waals surface area contributed by atoms with Gasteiger partial charge in [0.1, 0.15) is 5.82 Å². The Hall–Kier alpha value is -2.52. The molecular weight excluding hydrogens is 491 g/mol. The molecule has 0 spiro atoms. The highest BCUT2D eigenvalue weighted by atomic mass is 32.2. The van der Waals surface area contributed by atoms with E-state index >= 15 is 0 Å². The van der Waals surface area contributed by atoms with Crippen molar-refractivity contribution in [3.05, 3.63) is 95.8 Å². The van der Waals surface area contributed by atoms with Crippen LogP contribution in [-0.4, -0.2) is 29.4 Å². The molecule has 3 rings (SSSR count). The number of benzene rings is 3. The van der Waals surface area contributed by atoms with Gasteiger partial charge in [-0.05, 0) is 67.0 Å². The molecule has 0 amide bonds. The van der Waals surface area contributed by atoms with Crippen molar-refractivity contribution in [1.82, 2.24) is 4.72 Å². The summed E-state index contributed by atoms with van der Waals surface area (Å²) in [6.07, 6.45) is 0. The van der Waals surface area contributed by atoms with Gasteiger partial charge in [-0.25, -0.2) is 17.5 Å². The van der Waals surface area contributed by atoms with Crippen molar-refractivity contribution in [2.45, 2.75) is 62.8 Å². The second-order valence-corrected chi connectivity index (χ2v) is 17.2. The third kappa shape index (κ3) is 7.26. The number of aryl methyl sites for hydroxylation is 1. The zero-order valence-electron chi connectivity index (χ0n) is 21.9. The number of halogens is 1. The Bertz CT molecular complexity index is 1230. The summed E-state index contributed by atoms with van der Waals surface area (Å²) in [6.45, 7) is 12.8. The van der Waals surface area contributed by atoms with E-state index in [0.29, 0.717) is 5.69 Å². The summed E-state index contributed by atoms with van der Waals surface area (Å²) in [5, 5.41) is 3.38. The van der Waals surface area contributed by atoms with Crippen LogP contribution >= 0.6 is 0 Å². The second kappa shape index (κ2) is 11.3. The molecular formula is C28H37FN2O3SSi. The predicted octanol–water partition coefficient (Wildman–Crippen LogP) is 6.66. The SMILES string of the molecule is Cc1ccc(S(=O)(=O)N[C@H](CO[Si](C)(C)C(C)(C)C)[C@@H](Nc2ccc(F)cc2)c2ccccc2)cc1. The fraction of sp³-hybridized carbons (Fsp3) is 0.357. The maximum absolute atomic E-state index is 13.6. The van der Waals surface area contributed by atoms with Crippen LogP contribution in [0.25, 0.3) is 0 Å². The first-order valence-corrected chi connectivity index (χ1v) is 16.5. The molecule has 0 bridgehead atoms. The fourth-order valence-electron chi connectivity index (χ4n) is 3.50. The molecule has 36 heavy (non-hydrogen) atoms. The van der Waals surface area contributed by atoms with Gasteiger partial charge in [-0.15, -0.1) is 0 Å². The van der Waals surface area contributed by atoms with Crippen molar-refractivity contribution >= 4 is 24.0 Å². The standard InChI is InChI=1S/C28H37FN2O3SSi/c1-21-12-18-25(19-13-21)35(32,33)31-26(20-34-36(5,6)28(2,3)4)27(22-10-8-7-9-11-22)30-24-16-14-23(29)15-17-24/h7-19,26-27,30-31H,20H2,1-6H3/t26-,27+/m1/s1. The third-order valence-electron chi connectivity index (χ3n) is 6.80. The van der Waals surface area contributed by atoms with Crippen LogP contribution in [0.3, 0.4) is 0 Å². The molecule has 0 saturated carbocycles. The number of nitrogens with one attached hydrogen (secondary N) is 2. The van der Waals surface area contributed by atoms with Crippen LogP contribution in [-0.2, 0) is 14.4 Å². The Morgan fingerprint density at radius 1 is 0.917 bits per heavy atom. The summed E-state index contributed by atoms with van der Waals surface area (Å²) in [5.41, 5.74) is 2.54. The first-order chi connectivity index (χ1) is 16.8. The minimum Gasteiger partial charge on any atom is -0.415 e. The Labute approximate surface area is 216 Å². The van der Waals surface area contributed by atoms with Crippen molar-refractivity contribution in [1.29, 1.82) is 0 Å². The Morgan fingerprint density at radius 2 is 1.50 bits per heavy atom. The van der Waals surface area contributed by atoms with Crippen LogP contribution in [0.2, 0.25) is 18.1 Å². The zero-order valence-corrected chi connectivity index (χ0v) is 23.7. The van der Waals surface area contributed by atoms with Crippen LogP contribution in [0.4, 0.5) is 10.1 Å². The lowest BCUT2D eigenvalue weighted by atomic mass is 10.00. The number of hydrogen-bond donors (Lipinski definition) is 2. The van der Waals surface area contributed by atoms with Gasteiger partial charge in [0.25, 0.3) is 0 Å². The van der Waals surface area contributed by atoms with Crippen molar-refractivity contribution in [3.63, 3.8) is 0 Å². The Balaban J connectivity index is 2.02. The van der Waals surface area contributed by atoms with E-state index in [1.54, 1.807) is 36.4 Å². The molecule has 0 fully saturated rings. The van der Waals surface area contributed by atoms with Crippen LogP contribution in [0.15, 0.2) is 83.8 Å². The normalized spacial score (nSPS) is 14.3. The van der Waals surface area contributed by atoms with Crippen LogP contribution in [0.1, 0.15) is 37.9 Å². The van der Waals surface area contributed by atoms with Crippen molar-refractivity contribution < 1.29 is 17.2 Å². The molecule has 2 atom stereocenters. The van der Waals surface area contributed by atoms with Gasteiger partial charge in [0.2, 0.25) is 10.0 Å². The molecule has 194 valence electrons. The van der Waals surface area contributed by atoms with Gasteiger partial charge in [-0.3, -0.25) is 0 Å². The number of hydrogen-bond acceptors (Lipinski definition) is 4. The summed E-state index contributed by atoms with van der Waals surface area (Å²) in [4.78, 5) is 0.194. The molecule has 0 unspecified atom stereocenters. The minimum absolute atomic E-state index is 0.0417. The maximum Gasteiger partial charge on any atom is 0.240 e. The first-order valence-electron chi connectivity index (χ1n) is 12.1. The molecule has 2 N–H and O–H groups in total. The number of sulfonamides is 1. The molecule has 0 saturated heterocycles. The van der Waals surface area contributed by atoms with E-state index in [1.807, 2.05) is 37.3 Å². The highest BCUT2D eigenvalue weighted by molar-refractivity contribution is 7.89. The van der Waals surface area contributed by atoms with Gasteiger partial charge in [0, 0.05) is 5.69 Å².